The summed E-state index contributed by atoms with van der Waals surface area (Å²) in [6.45, 7) is 5.01. The number of ether oxygens (including phenoxy) is 3. The molecule has 4 aromatic rings. The number of methoxy groups -OCH3 is 1. The SMILES string of the molecule is C=CCOC(=O)NCC[C@@H](O)[C@@H]1NC(=O)[C@H]([C@H](O)Cc2ccc(O)c(OSOO[O-])c2)NC(=O)[C@@H]2C[C@H](O)CN2C(=O)[C@H]([C@H](C)O)NC(=O)[C@@H](NC(=O)c2ccc(-c3noc(-c4ccc(OCCCCCCCOC)cc4)n3)cc2)C[C@H](O)CNC(=O)[C@@H]2[C@@H](O)[C@H](C)CN2C1=O.[Na+]. The summed E-state index contributed by atoms with van der Waals surface area (Å²) in [4.78, 5) is 121. The van der Waals surface area contributed by atoms with Crippen molar-refractivity contribution in [3.63, 3.8) is 0 Å². The summed E-state index contributed by atoms with van der Waals surface area (Å²) in [6.07, 6.45) is -7.61. The van der Waals surface area contributed by atoms with Gasteiger partial charge in [0.1, 0.15) is 48.6 Å². The average molecular weight is 1390 g/mol. The van der Waals surface area contributed by atoms with Crippen LogP contribution in [0.2, 0.25) is 0 Å². The van der Waals surface area contributed by atoms with Crippen LogP contribution in [-0.4, -0.2) is 229 Å². The summed E-state index contributed by atoms with van der Waals surface area (Å²) in [5.41, 5.74) is 1.05. The number of fused-ring (bicyclic) bond motifs is 2. The number of phenolic OH excluding ortho intramolecular Hbond substituents is 1. The molecule has 97 heavy (non-hydrogen) atoms. The Balaban J connectivity index is 0.0000149. The topological polar surface area (TPSA) is 474 Å². The van der Waals surface area contributed by atoms with Gasteiger partial charge >= 0.3 is 35.7 Å². The molecule has 0 bridgehead atoms. The minimum atomic E-state index is -2.19. The number of aromatic nitrogens is 2. The van der Waals surface area contributed by atoms with Gasteiger partial charge in [0.25, 0.3) is 24.1 Å². The van der Waals surface area contributed by atoms with Crippen LogP contribution >= 0.6 is 12.3 Å². The molecule has 3 aliphatic heterocycles. The number of aliphatic hydroxyl groups excluding tert-OH is 6. The molecule has 0 radical (unpaired) electrons. The second-order valence-corrected chi connectivity index (χ2v) is 23.8. The smallest absolute Gasteiger partial charge is 0.691 e. The fraction of sp³-hybridized carbons (Fsp3) is 0.516. The van der Waals surface area contributed by atoms with Gasteiger partial charge in [-0.15, -0.1) is 4.33 Å². The van der Waals surface area contributed by atoms with E-state index in [4.69, 9.17) is 22.9 Å². The molecule has 1 aromatic heterocycles. The third-order valence-electron chi connectivity index (χ3n) is 16.1. The number of alkyl carbamates (subject to hydrolysis) is 1. The molecule has 8 amide bonds. The number of β-amino-alcohol motifs (C(OH)–C–C–N with tert-alkyl or cyclic N) is 1. The van der Waals surface area contributed by atoms with E-state index in [1.165, 1.54) is 43.3 Å². The normalized spacial score (nSPS) is 23.7. The summed E-state index contributed by atoms with van der Waals surface area (Å²) in [6, 6.07) is 4.69. The van der Waals surface area contributed by atoms with E-state index in [-0.39, 0.29) is 77.1 Å². The monoisotopic (exact) mass is 1390 g/mol. The number of benzene rings is 3. The Labute approximate surface area is 583 Å². The first-order valence-corrected chi connectivity index (χ1v) is 31.7. The molecule has 3 saturated heterocycles. The predicted octanol–water partition coefficient (Wildman–Crippen LogP) is -4.49. The molecule has 13 atom stereocenters. The van der Waals surface area contributed by atoms with Gasteiger partial charge in [0.2, 0.25) is 41.3 Å². The molecule has 0 aliphatic carbocycles. The Morgan fingerprint density at radius 2 is 1.48 bits per heavy atom. The third-order valence-corrected chi connectivity index (χ3v) is 16.5. The summed E-state index contributed by atoms with van der Waals surface area (Å²) >= 11 is -0.00376. The van der Waals surface area contributed by atoms with Crippen LogP contribution < -0.4 is 75.6 Å². The van der Waals surface area contributed by atoms with E-state index >= 15 is 0 Å². The Hall–Kier alpha value is -7.55. The zero-order chi connectivity index (χ0) is 69.6. The van der Waals surface area contributed by atoms with Crippen molar-refractivity contribution in [2.45, 2.75) is 145 Å². The van der Waals surface area contributed by atoms with Crippen molar-refractivity contribution in [2.24, 2.45) is 5.92 Å². The van der Waals surface area contributed by atoms with E-state index in [1.54, 1.807) is 31.4 Å². The maximum absolute atomic E-state index is 15.0. The van der Waals surface area contributed by atoms with Gasteiger partial charge < -0.3 is 106 Å². The van der Waals surface area contributed by atoms with Gasteiger partial charge in [0.15, 0.2) is 11.5 Å². The molecule has 33 nitrogen and oxygen atoms in total. The minimum Gasteiger partial charge on any atom is -0.691 e. The number of amides is 8. The first-order chi connectivity index (χ1) is 46.0. The number of phenols is 1. The summed E-state index contributed by atoms with van der Waals surface area (Å²) < 4.78 is 30.7. The van der Waals surface area contributed by atoms with Crippen LogP contribution in [0, 0.1) is 5.92 Å². The number of carbonyl (C=O) groups is 8. The number of hydrogen-bond acceptors (Lipinski definition) is 26. The third kappa shape index (κ3) is 22.2. The molecule has 13 N–H and O–H groups in total. The van der Waals surface area contributed by atoms with Gasteiger partial charge in [-0.05, 0) is 80.3 Å². The zero-order valence-corrected chi connectivity index (χ0v) is 56.6. The van der Waals surface area contributed by atoms with Gasteiger partial charge in [0, 0.05) is 81.8 Å². The summed E-state index contributed by atoms with van der Waals surface area (Å²) in [5.74, 6) is -8.91. The van der Waals surface area contributed by atoms with E-state index in [0.717, 1.165) is 67.6 Å². The molecule has 0 saturated carbocycles. The fourth-order valence-corrected chi connectivity index (χ4v) is 11.3. The van der Waals surface area contributed by atoms with Crippen LogP contribution in [0.4, 0.5) is 4.79 Å². The molecule has 0 spiro atoms. The van der Waals surface area contributed by atoms with Crippen LogP contribution in [-0.2, 0) is 54.0 Å². The van der Waals surface area contributed by atoms with Gasteiger partial charge in [-0.25, -0.2) is 4.79 Å². The van der Waals surface area contributed by atoms with Crippen LogP contribution in [0.3, 0.4) is 0 Å². The second kappa shape index (κ2) is 38.6. The first kappa shape index (κ1) is 78.4. The fourth-order valence-electron chi connectivity index (χ4n) is 11.0. The van der Waals surface area contributed by atoms with Crippen LogP contribution in [0.25, 0.3) is 22.8 Å². The number of hydrogen-bond donors (Lipinski definition) is 13. The van der Waals surface area contributed by atoms with Crippen molar-refractivity contribution in [3.8, 4) is 40.1 Å². The van der Waals surface area contributed by atoms with Crippen molar-refractivity contribution in [1.29, 1.82) is 0 Å². The average Bonchev–Trinajstić information content (AvgIpc) is 1.69. The van der Waals surface area contributed by atoms with Gasteiger partial charge in [-0.1, -0.05) is 62.2 Å². The first-order valence-electron chi connectivity index (χ1n) is 31.0. The Morgan fingerprint density at radius 3 is 2.18 bits per heavy atom. The van der Waals surface area contributed by atoms with Crippen LogP contribution in [0.1, 0.15) is 81.1 Å². The molecular formula is C62H81N10NaO23S. The number of rotatable bonds is 27. The predicted molar refractivity (Wildman–Crippen MR) is 333 cm³/mol. The molecule has 4 heterocycles. The van der Waals surface area contributed by atoms with Gasteiger partial charge in [-0.3, -0.25) is 38.6 Å². The molecule has 524 valence electrons. The van der Waals surface area contributed by atoms with Crippen LogP contribution in [0.15, 0.2) is 83.9 Å². The summed E-state index contributed by atoms with van der Waals surface area (Å²) in [7, 11) is 1.69. The zero-order valence-electron chi connectivity index (χ0n) is 53.8. The summed E-state index contributed by atoms with van der Waals surface area (Å²) in [5, 5.41) is 112. The van der Waals surface area contributed by atoms with Crippen LogP contribution in [0.5, 0.6) is 17.2 Å². The minimum absolute atomic E-state index is 0. The molecule has 7 rings (SSSR count). The number of aromatic hydroxyl groups is 1. The van der Waals surface area contributed by atoms with E-state index in [9.17, 15) is 79.4 Å². The van der Waals surface area contributed by atoms with E-state index < -0.39 is 184 Å². The largest absolute Gasteiger partial charge is 1.00 e. The van der Waals surface area contributed by atoms with Crippen molar-refractivity contribution in [1.82, 2.24) is 51.8 Å². The molecule has 3 aliphatic rings. The molecule has 35 heteroatoms. The van der Waals surface area contributed by atoms with Crippen molar-refractivity contribution >= 4 is 59.8 Å². The Bertz CT molecular complexity index is 3280. The number of nitrogens with one attached hydrogen (secondary N) is 6. The maximum Gasteiger partial charge on any atom is 1.00 e. The van der Waals surface area contributed by atoms with Gasteiger partial charge in [-0.2, -0.15) is 4.98 Å². The number of carbonyl (C=O) groups excluding carboxylic acids is 8. The van der Waals surface area contributed by atoms with Crippen molar-refractivity contribution in [3.05, 3.63) is 90.5 Å². The van der Waals surface area contributed by atoms with E-state index in [0.29, 0.717) is 23.5 Å². The second-order valence-electron chi connectivity index (χ2n) is 23.3. The van der Waals surface area contributed by atoms with Gasteiger partial charge in [0.05, 0.1) is 43.2 Å². The number of unbranched alkanes of at least 4 members (excludes halogenated alkanes) is 4. The van der Waals surface area contributed by atoms with E-state index in [2.05, 4.69) is 58.0 Å². The standard InChI is InChI=1S/C62H82N10O23S.Na/c1-5-23-91-62(87)63-22-21-45(77)50-61(86)72-31-33(2)52(79)51(72)58(84)64-30-39(74)28-42(65-54(80)37-14-12-36(13-15-37)53-69-59(92-70-53)38-16-18-41(19-17-38)90-25-10-8-6-7-9-24-89-4)55(81)66-48(34(3)73)60(85)71-32-40(75)29-43(71)56(82)67-49(57(83)68-50)46(78)26-35-11-20-44(76)47(27-35)93-96-95-94-88;/h5,11-20,27,33-34,39-40,42-43,45-46,48-52,73-79,88H,1,6-10,21-26,28-32H2,2-4H3,(H,63,87)(H,64,84)(H,65,80)(H,66,81)(H,67,82)(H,68,83);/q;+1/p-1/t33-,34+,39+,40+,42+,43+,45-,46-,48+,49+,50+,51+,52+;/m1./s1. The molecule has 3 fully saturated rings. The maximum atomic E-state index is 15.0. The Morgan fingerprint density at radius 1 is 0.814 bits per heavy atom. The molecule has 3 aromatic carbocycles. The molecule has 0 unspecified atom stereocenters. The Kier molecular flexibility index (Phi) is 31.2. The quantitative estimate of drug-likeness (QED) is 0.00668. The molecular weight excluding hydrogens is 1310 g/mol. The van der Waals surface area contributed by atoms with Crippen molar-refractivity contribution < 1.29 is 141 Å². The van der Waals surface area contributed by atoms with E-state index in [1.807, 2.05) is 0 Å². The number of aliphatic hydroxyl groups is 6. The van der Waals surface area contributed by atoms with Crippen molar-refractivity contribution in [2.75, 3.05) is 53.1 Å². The number of nitrogens with zero attached hydrogens (tertiary/aromatic N) is 4.